The van der Waals surface area contributed by atoms with E-state index in [2.05, 4.69) is 43.0 Å². The topological polar surface area (TPSA) is 0 Å². The molecule has 2 heteroatoms. The quantitative estimate of drug-likeness (QED) is 0.445. The Morgan fingerprint density at radius 3 is 1.75 bits per heavy atom. The minimum Gasteiger partial charge on any atom is -0.130 e. The molecule has 0 saturated heterocycles. The molecule has 0 aromatic heterocycles. The summed E-state index contributed by atoms with van der Waals surface area (Å²) in [7, 11) is -0.557. The van der Waals surface area contributed by atoms with Crippen molar-refractivity contribution in [1.29, 1.82) is 0 Å². The molecule has 0 amide bonds. The standard InChI is InChI=1S/C6H15BrSi/c1-5-8(7)6(2,3)4/h8H,5H2,1-4H3. The molecule has 0 saturated carbocycles. The molecule has 0 nitrogen and oxygen atoms in total. The van der Waals surface area contributed by atoms with Crippen molar-refractivity contribution in [3.8, 4) is 0 Å². The van der Waals surface area contributed by atoms with Gasteiger partial charge in [-0.05, 0) is 5.04 Å². The highest BCUT2D eigenvalue weighted by atomic mass is 79.9. The lowest BCUT2D eigenvalue weighted by Crippen LogP contribution is -2.16. The van der Waals surface area contributed by atoms with Gasteiger partial charge in [0.1, 0.15) is 7.42 Å². The normalized spacial score (nSPS) is 16.1. The molecule has 0 fully saturated rings. The summed E-state index contributed by atoms with van der Waals surface area (Å²) >= 11 is 3.74. The van der Waals surface area contributed by atoms with Gasteiger partial charge in [-0.2, -0.15) is 0 Å². The van der Waals surface area contributed by atoms with E-state index in [1.807, 2.05) is 0 Å². The first-order chi connectivity index (χ1) is 3.48. The highest BCUT2D eigenvalue weighted by molar-refractivity contribution is 9.24. The van der Waals surface area contributed by atoms with E-state index in [9.17, 15) is 0 Å². The third-order valence-corrected chi connectivity index (χ3v) is 9.96. The van der Waals surface area contributed by atoms with Crippen molar-refractivity contribution < 1.29 is 0 Å². The van der Waals surface area contributed by atoms with Gasteiger partial charge in [0.15, 0.2) is 0 Å². The molecular formula is C6H15BrSi. The van der Waals surface area contributed by atoms with Crippen molar-refractivity contribution in [2.24, 2.45) is 0 Å². The first-order valence-corrected chi connectivity index (χ1v) is 7.70. The summed E-state index contributed by atoms with van der Waals surface area (Å²) < 4.78 is 0. The van der Waals surface area contributed by atoms with Gasteiger partial charge in [0.25, 0.3) is 0 Å². The number of rotatable bonds is 1. The molecular weight excluding hydrogens is 180 g/mol. The fourth-order valence-corrected chi connectivity index (χ4v) is 1.84. The van der Waals surface area contributed by atoms with E-state index >= 15 is 0 Å². The monoisotopic (exact) mass is 194 g/mol. The van der Waals surface area contributed by atoms with Crippen molar-refractivity contribution in [1.82, 2.24) is 0 Å². The number of hydrogen-bond donors (Lipinski definition) is 0. The van der Waals surface area contributed by atoms with Crippen molar-refractivity contribution in [3.63, 3.8) is 0 Å². The van der Waals surface area contributed by atoms with E-state index in [1.54, 1.807) is 0 Å². The summed E-state index contributed by atoms with van der Waals surface area (Å²) in [6.45, 7) is 9.18. The lowest BCUT2D eigenvalue weighted by Gasteiger charge is -2.22. The Hall–Kier alpha value is 0.697. The Morgan fingerprint density at radius 2 is 1.75 bits per heavy atom. The zero-order valence-corrected chi connectivity index (χ0v) is 8.90. The Morgan fingerprint density at radius 1 is 1.38 bits per heavy atom. The molecule has 0 N–H and O–H groups in total. The maximum Gasteiger partial charge on any atom is 0.119 e. The first kappa shape index (κ1) is 8.70. The Bertz CT molecular complexity index is 65.4. The summed E-state index contributed by atoms with van der Waals surface area (Å²) in [5.41, 5.74) is 0. The molecule has 0 rings (SSSR count). The van der Waals surface area contributed by atoms with Gasteiger partial charge in [0.2, 0.25) is 0 Å². The highest BCUT2D eigenvalue weighted by Crippen LogP contribution is 2.32. The fourth-order valence-electron chi connectivity index (χ4n) is 0.612. The molecule has 0 aliphatic carbocycles. The second-order valence-corrected chi connectivity index (χ2v) is 10.0. The maximum absolute atomic E-state index is 3.74. The minimum absolute atomic E-state index is 0.557. The molecule has 0 heterocycles. The molecule has 0 aliphatic rings. The van der Waals surface area contributed by atoms with Crippen molar-refractivity contribution in [2.75, 3.05) is 0 Å². The van der Waals surface area contributed by atoms with Gasteiger partial charge in [-0.3, -0.25) is 0 Å². The Balaban J connectivity index is 3.62. The van der Waals surface area contributed by atoms with Crippen molar-refractivity contribution in [3.05, 3.63) is 0 Å². The van der Waals surface area contributed by atoms with Crippen LogP contribution >= 0.6 is 15.3 Å². The fraction of sp³-hybridized carbons (Fsp3) is 1.00. The van der Waals surface area contributed by atoms with Crippen LogP contribution in [0.5, 0.6) is 0 Å². The van der Waals surface area contributed by atoms with Gasteiger partial charge in [0, 0.05) is 0 Å². The average Bonchev–Trinajstić information content (AvgIpc) is 1.62. The van der Waals surface area contributed by atoms with E-state index < -0.39 is 7.42 Å². The van der Waals surface area contributed by atoms with E-state index in [0.717, 1.165) is 0 Å². The van der Waals surface area contributed by atoms with E-state index in [1.165, 1.54) is 6.04 Å². The van der Waals surface area contributed by atoms with Crippen molar-refractivity contribution in [2.45, 2.75) is 38.8 Å². The minimum atomic E-state index is -0.557. The second kappa shape index (κ2) is 3.02. The van der Waals surface area contributed by atoms with Crippen LogP contribution in [-0.4, -0.2) is 7.42 Å². The van der Waals surface area contributed by atoms with Crippen LogP contribution in [0.15, 0.2) is 0 Å². The van der Waals surface area contributed by atoms with Crippen LogP contribution in [0.2, 0.25) is 11.1 Å². The number of hydrogen-bond acceptors (Lipinski definition) is 0. The second-order valence-electron chi connectivity index (χ2n) is 3.24. The van der Waals surface area contributed by atoms with Crippen molar-refractivity contribution >= 4 is 22.7 Å². The molecule has 0 aromatic carbocycles. The van der Waals surface area contributed by atoms with E-state index in [4.69, 9.17) is 0 Å². The third kappa shape index (κ3) is 2.87. The Labute approximate surface area is 61.9 Å². The predicted octanol–water partition coefficient (Wildman–Crippen LogP) is 2.93. The van der Waals surface area contributed by atoms with Crippen LogP contribution in [0, 0.1) is 0 Å². The van der Waals surface area contributed by atoms with Gasteiger partial charge in [0.05, 0.1) is 0 Å². The first-order valence-electron chi connectivity index (χ1n) is 3.12. The van der Waals surface area contributed by atoms with Crippen LogP contribution in [0.3, 0.4) is 0 Å². The summed E-state index contributed by atoms with van der Waals surface area (Å²) in [5.74, 6) is 0. The molecule has 1 unspecified atom stereocenters. The van der Waals surface area contributed by atoms with E-state index in [-0.39, 0.29) is 0 Å². The molecule has 0 bridgehead atoms. The van der Waals surface area contributed by atoms with Gasteiger partial charge in [-0.15, -0.1) is 15.3 Å². The van der Waals surface area contributed by atoms with Gasteiger partial charge in [-0.25, -0.2) is 0 Å². The van der Waals surface area contributed by atoms with Gasteiger partial charge >= 0.3 is 0 Å². The molecule has 50 valence electrons. The van der Waals surface area contributed by atoms with Crippen LogP contribution in [-0.2, 0) is 0 Å². The summed E-state index contributed by atoms with van der Waals surface area (Å²) in [5, 5.41) is 0.564. The summed E-state index contributed by atoms with van der Waals surface area (Å²) in [4.78, 5) is 0. The molecule has 1 atom stereocenters. The average molecular weight is 195 g/mol. The lowest BCUT2D eigenvalue weighted by molar-refractivity contribution is 0.747. The molecule has 0 spiro atoms. The SMILES string of the molecule is CC[SiH](Br)C(C)(C)C. The van der Waals surface area contributed by atoms with Crippen LogP contribution < -0.4 is 0 Å². The highest BCUT2D eigenvalue weighted by Gasteiger charge is 2.20. The zero-order valence-electron chi connectivity index (χ0n) is 6.16. The third-order valence-electron chi connectivity index (χ3n) is 1.30. The Kier molecular flexibility index (Phi) is 3.28. The molecule has 0 radical (unpaired) electrons. The smallest absolute Gasteiger partial charge is 0.119 e. The zero-order chi connectivity index (χ0) is 6.78. The van der Waals surface area contributed by atoms with Crippen LogP contribution in [0.25, 0.3) is 0 Å². The molecule has 0 aliphatic heterocycles. The largest absolute Gasteiger partial charge is 0.130 e. The number of halogens is 1. The van der Waals surface area contributed by atoms with E-state index in [0.29, 0.717) is 5.04 Å². The lowest BCUT2D eigenvalue weighted by atomic mass is 10.3. The van der Waals surface area contributed by atoms with Crippen LogP contribution in [0.1, 0.15) is 27.7 Å². The summed E-state index contributed by atoms with van der Waals surface area (Å²) in [6.07, 6.45) is 0. The van der Waals surface area contributed by atoms with Gasteiger partial charge < -0.3 is 0 Å². The molecule has 0 aromatic rings. The van der Waals surface area contributed by atoms with Crippen LogP contribution in [0.4, 0.5) is 0 Å². The maximum atomic E-state index is 3.74. The van der Waals surface area contributed by atoms with Gasteiger partial charge in [-0.1, -0.05) is 33.7 Å². The molecule has 8 heavy (non-hydrogen) atoms. The predicted molar refractivity (Wildman–Crippen MR) is 46.3 cm³/mol. The summed E-state index contributed by atoms with van der Waals surface area (Å²) in [6, 6.07) is 1.35.